The van der Waals surface area contributed by atoms with E-state index in [9.17, 15) is 4.79 Å². The van der Waals surface area contributed by atoms with Crippen LogP contribution < -0.4 is 0 Å². The summed E-state index contributed by atoms with van der Waals surface area (Å²) in [4.78, 5) is 13.3. The van der Waals surface area contributed by atoms with E-state index in [0.29, 0.717) is 18.5 Å². The fraction of sp³-hybridized carbons (Fsp3) is 0.643. The van der Waals surface area contributed by atoms with E-state index in [1.54, 1.807) is 6.07 Å². The molecule has 1 saturated carbocycles. The summed E-state index contributed by atoms with van der Waals surface area (Å²) in [5.74, 6) is -0.227. The molecule has 1 aliphatic rings. The van der Waals surface area contributed by atoms with Crippen molar-refractivity contribution in [1.29, 1.82) is 0 Å². The number of nitrogens with zero attached hydrogens (tertiary/aromatic N) is 1. The van der Waals surface area contributed by atoms with E-state index in [4.69, 9.17) is 9.52 Å². The van der Waals surface area contributed by atoms with Crippen molar-refractivity contribution in [3.8, 4) is 0 Å². The molecule has 0 amide bonds. The lowest BCUT2D eigenvalue weighted by Gasteiger charge is -2.36. The standard InChI is InChI=1S/C14H21NO3/c1-10-5-3-4-6-12(10)15(2)9-11-7-8-18-13(11)14(16)17/h7-8,10,12H,3-6,9H2,1-2H3,(H,16,17). The average Bonchev–Trinajstić information content (AvgIpc) is 2.77. The van der Waals surface area contributed by atoms with Gasteiger partial charge in [0.25, 0.3) is 0 Å². The van der Waals surface area contributed by atoms with Crippen molar-refractivity contribution in [3.63, 3.8) is 0 Å². The highest BCUT2D eigenvalue weighted by atomic mass is 16.4. The van der Waals surface area contributed by atoms with E-state index < -0.39 is 5.97 Å². The molecule has 1 aliphatic carbocycles. The van der Waals surface area contributed by atoms with Gasteiger partial charge in [-0.3, -0.25) is 4.90 Å². The first-order valence-corrected chi connectivity index (χ1v) is 6.59. The second kappa shape index (κ2) is 5.57. The van der Waals surface area contributed by atoms with Crippen molar-refractivity contribution in [2.75, 3.05) is 7.05 Å². The first-order valence-electron chi connectivity index (χ1n) is 6.59. The molecule has 0 radical (unpaired) electrons. The second-order valence-electron chi connectivity index (χ2n) is 5.32. The summed E-state index contributed by atoms with van der Waals surface area (Å²) in [6, 6.07) is 2.31. The van der Waals surface area contributed by atoms with Crippen LogP contribution in [-0.4, -0.2) is 29.1 Å². The number of hydrogen-bond donors (Lipinski definition) is 1. The third-order valence-corrected chi connectivity index (χ3v) is 3.99. The van der Waals surface area contributed by atoms with Crippen LogP contribution in [0.5, 0.6) is 0 Å². The zero-order valence-corrected chi connectivity index (χ0v) is 11.1. The van der Waals surface area contributed by atoms with Crippen LogP contribution in [0.4, 0.5) is 0 Å². The molecule has 2 rings (SSSR count). The van der Waals surface area contributed by atoms with Crippen LogP contribution in [0.25, 0.3) is 0 Å². The molecule has 1 fully saturated rings. The van der Waals surface area contributed by atoms with Gasteiger partial charge < -0.3 is 9.52 Å². The lowest BCUT2D eigenvalue weighted by molar-refractivity contribution is 0.0657. The molecule has 0 saturated heterocycles. The zero-order chi connectivity index (χ0) is 13.1. The second-order valence-corrected chi connectivity index (χ2v) is 5.32. The molecule has 4 heteroatoms. The summed E-state index contributed by atoms with van der Waals surface area (Å²) in [6.45, 7) is 2.93. The smallest absolute Gasteiger partial charge is 0.372 e. The quantitative estimate of drug-likeness (QED) is 0.893. The molecular weight excluding hydrogens is 230 g/mol. The first kappa shape index (κ1) is 13.1. The summed E-state index contributed by atoms with van der Waals surface area (Å²) >= 11 is 0. The maximum absolute atomic E-state index is 11.0. The van der Waals surface area contributed by atoms with Gasteiger partial charge in [-0.1, -0.05) is 19.8 Å². The fourth-order valence-corrected chi connectivity index (χ4v) is 2.99. The van der Waals surface area contributed by atoms with Gasteiger partial charge in [-0.15, -0.1) is 0 Å². The van der Waals surface area contributed by atoms with Gasteiger partial charge in [0, 0.05) is 18.2 Å². The van der Waals surface area contributed by atoms with E-state index >= 15 is 0 Å². The molecule has 1 aromatic rings. The van der Waals surface area contributed by atoms with Gasteiger partial charge in [0.1, 0.15) is 0 Å². The number of carboxylic acid groups (broad SMARTS) is 1. The molecule has 18 heavy (non-hydrogen) atoms. The lowest BCUT2D eigenvalue weighted by Crippen LogP contribution is -2.38. The minimum Gasteiger partial charge on any atom is -0.475 e. The SMILES string of the molecule is CC1CCCCC1N(C)Cc1ccoc1C(=O)O. The number of hydrogen-bond acceptors (Lipinski definition) is 3. The third kappa shape index (κ3) is 2.75. The van der Waals surface area contributed by atoms with Gasteiger partial charge >= 0.3 is 5.97 Å². The van der Waals surface area contributed by atoms with E-state index in [-0.39, 0.29) is 5.76 Å². The van der Waals surface area contributed by atoms with E-state index in [0.717, 1.165) is 5.56 Å². The zero-order valence-electron chi connectivity index (χ0n) is 11.1. The maximum atomic E-state index is 11.0. The molecule has 2 unspecified atom stereocenters. The van der Waals surface area contributed by atoms with Crippen molar-refractivity contribution in [1.82, 2.24) is 4.90 Å². The Hall–Kier alpha value is -1.29. The average molecular weight is 251 g/mol. The Morgan fingerprint density at radius 2 is 2.22 bits per heavy atom. The van der Waals surface area contributed by atoms with Crippen LogP contribution in [0.15, 0.2) is 16.7 Å². The Kier molecular flexibility index (Phi) is 4.07. The molecule has 0 spiro atoms. The molecule has 4 nitrogen and oxygen atoms in total. The van der Waals surface area contributed by atoms with Crippen LogP contribution in [0.2, 0.25) is 0 Å². The Labute approximate surface area is 108 Å². The van der Waals surface area contributed by atoms with Crippen molar-refractivity contribution in [3.05, 3.63) is 23.7 Å². The molecular formula is C14H21NO3. The van der Waals surface area contributed by atoms with Crippen LogP contribution in [0.3, 0.4) is 0 Å². The maximum Gasteiger partial charge on any atom is 0.372 e. The molecule has 1 N–H and O–H groups in total. The number of aromatic carboxylic acids is 1. The highest BCUT2D eigenvalue weighted by Gasteiger charge is 2.26. The minimum atomic E-state index is -0.986. The predicted molar refractivity (Wildman–Crippen MR) is 68.6 cm³/mol. The molecule has 0 bridgehead atoms. The van der Waals surface area contributed by atoms with Crippen LogP contribution >= 0.6 is 0 Å². The molecule has 100 valence electrons. The van der Waals surface area contributed by atoms with Gasteiger partial charge in [-0.05, 0) is 31.9 Å². The van der Waals surface area contributed by atoms with Gasteiger partial charge in [-0.2, -0.15) is 0 Å². The Morgan fingerprint density at radius 3 is 2.89 bits per heavy atom. The van der Waals surface area contributed by atoms with Crippen LogP contribution in [0, 0.1) is 5.92 Å². The molecule has 1 aromatic heterocycles. The third-order valence-electron chi connectivity index (χ3n) is 3.99. The highest BCUT2D eigenvalue weighted by molar-refractivity contribution is 5.86. The molecule has 0 aliphatic heterocycles. The molecule has 1 heterocycles. The lowest BCUT2D eigenvalue weighted by atomic mass is 9.85. The number of carbonyl (C=O) groups is 1. The number of rotatable bonds is 4. The topological polar surface area (TPSA) is 53.7 Å². The van der Waals surface area contributed by atoms with Gasteiger partial charge in [0.15, 0.2) is 0 Å². The number of furan rings is 1. The summed E-state index contributed by atoms with van der Waals surface area (Å²) in [6.07, 6.45) is 6.52. The van der Waals surface area contributed by atoms with Crippen molar-refractivity contribution >= 4 is 5.97 Å². The number of carboxylic acids is 1. The predicted octanol–water partition coefficient (Wildman–Crippen LogP) is 2.99. The van der Waals surface area contributed by atoms with Gasteiger partial charge in [-0.25, -0.2) is 4.79 Å². The van der Waals surface area contributed by atoms with Gasteiger partial charge in [0.05, 0.1) is 6.26 Å². The van der Waals surface area contributed by atoms with Crippen molar-refractivity contribution in [2.45, 2.75) is 45.2 Å². The minimum absolute atomic E-state index is 0.0744. The van der Waals surface area contributed by atoms with Crippen molar-refractivity contribution in [2.24, 2.45) is 5.92 Å². The summed E-state index contributed by atoms with van der Waals surface area (Å²) in [7, 11) is 2.07. The Bertz CT molecular complexity index is 413. The summed E-state index contributed by atoms with van der Waals surface area (Å²) in [5, 5.41) is 9.02. The van der Waals surface area contributed by atoms with E-state index in [1.807, 2.05) is 0 Å². The summed E-state index contributed by atoms with van der Waals surface area (Å²) in [5.41, 5.74) is 0.766. The fourth-order valence-electron chi connectivity index (χ4n) is 2.99. The molecule has 0 aromatic carbocycles. The van der Waals surface area contributed by atoms with E-state index in [1.165, 1.54) is 31.9 Å². The van der Waals surface area contributed by atoms with Crippen LogP contribution in [0.1, 0.15) is 48.7 Å². The first-order chi connectivity index (χ1) is 8.59. The molecule has 2 atom stereocenters. The largest absolute Gasteiger partial charge is 0.475 e. The monoisotopic (exact) mass is 251 g/mol. The van der Waals surface area contributed by atoms with E-state index in [2.05, 4.69) is 18.9 Å². The Morgan fingerprint density at radius 1 is 1.50 bits per heavy atom. The summed E-state index contributed by atoms with van der Waals surface area (Å²) < 4.78 is 5.01. The van der Waals surface area contributed by atoms with Crippen molar-refractivity contribution < 1.29 is 14.3 Å². The Balaban J connectivity index is 2.03. The highest BCUT2D eigenvalue weighted by Crippen LogP contribution is 2.28. The normalized spacial score (nSPS) is 24.4. The van der Waals surface area contributed by atoms with Crippen LogP contribution in [-0.2, 0) is 6.54 Å². The van der Waals surface area contributed by atoms with Gasteiger partial charge in [0.2, 0.25) is 5.76 Å².